The summed E-state index contributed by atoms with van der Waals surface area (Å²) >= 11 is 0. The van der Waals surface area contributed by atoms with E-state index in [0.29, 0.717) is 19.4 Å². The van der Waals surface area contributed by atoms with Crippen molar-refractivity contribution in [2.75, 3.05) is 6.61 Å². The van der Waals surface area contributed by atoms with Gasteiger partial charge in [0.2, 0.25) is 0 Å². The number of hydrogen-bond acceptors (Lipinski definition) is 5. The molecule has 0 spiro atoms. The zero-order valence-electron chi connectivity index (χ0n) is 22.5. The van der Waals surface area contributed by atoms with E-state index in [1.54, 1.807) is 6.08 Å². The number of allylic oxidation sites excluding steroid dienone is 2. The Hall–Kier alpha value is -1.46. The second-order valence-electron chi connectivity index (χ2n) is 10.2. The van der Waals surface area contributed by atoms with Gasteiger partial charge in [0.25, 0.3) is 0 Å². The first-order chi connectivity index (χ1) is 17.0. The fourth-order valence-corrected chi connectivity index (χ4v) is 4.69. The van der Waals surface area contributed by atoms with Crippen LogP contribution in [0.4, 0.5) is 0 Å². The minimum Gasteiger partial charge on any atom is -0.466 e. The van der Waals surface area contributed by atoms with Crippen molar-refractivity contribution >= 4 is 11.8 Å². The summed E-state index contributed by atoms with van der Waals surface area (Å²) in [6, 6.07) is 0. The molecule has 0 bridgehead atoms. The van der Waals surface area contributed by atoms with Crippen LogP contribution in [0.15, 0.2) is 24.3 Å². The van der Waals surface area contributed by atoms with Crippen LogP contribution in [0, 0.1) is 11.8 Å². The van der Waals surface area contributed by atoms with Crippen molar-refractivity contribution in [1.82, 2.24) is 0 Å². The Morgan fingerprint density at radius 2 is 1.66 bits per heavy atom. The third-order valence-electron chi connectivity index (χ3n) is 6.96. The van der Waals surface area contributed by atoms with Gasteiger partial charge in [0, 0.05) is 24.7 Å². The molecule has 1 saturated carbocycles. The molecule has 1 rings (SSSR count). The highest BCUT2D eigenvalue weighted by Crippen LogP contribution is 2.33. The third kappa shape index (κ3) is 15.3. The zero-order chi connectivity index (χ0) is 25.7. The molecule has 0 aliphatic heterocycles. The van der Waals surface area contributed by atoms with Crippen molar-refractivity contribution < 1.29 is 24.5 Å². The molecule has 1 aliphatic rings. The molecule has 0 aromatic heterocycles. The van der Waals surface area contributed by atoms with Gasteiger partial charge >= 0.3 is 5.97 Å². The van der Waals surface area contributed by atoms with Crippen LogP contribution in [0.2, 0.25) is 0 Å². The number of unbranched alkanes of at least 4 members (excludes halogenated alkanes) is 10. The van der Waals surface area contributed by atoms with E-state index in [1.165, 1.54) is 32.1 Å². The summed E-state index contributed by atoms with van der Waals surface area (Å²) in [5.74, 6) is -0.413. The molecule has 1 aliphatic carbocycles. The highest BCUT2D eigenvalue weighted by atomic mass is 16.5. The molecule has 0 heterocycles. The minimum absolute atomic E-state index is 0.0815. The van der Waals surface area contributed by atoms with Gasteiger partial charge in [-0.2, -0.15) is 0 Å². The molecule has 0 unspecified atom stereocenters. The molecule has 1 fully saturated rings. The Balaban J connectivity index is 2.16. The van der Waals surface area contributed by atoms with E-state index in [0.717, 1.165) is 57.8 Å². The molecule has 4 atom stereocenters. The fourth-order valence-electron chi connectivity index (χ4n) is 4.69. The van der Waals surface area contributed by atoms with Gasteiger partial charge in [0.05, 0.1) is 18.8 Å². The van der Waals surface area contributed by atoms with Gasteiger partial charge in [-0.25, -0.2) is 0 Å². The minimum atomic E-state index is -0.657. The molecule has 5 nitrogen and oxygen atoms in total. The van der Waals surface area contributed by atoms with Crippen molar-refractivity contribution in [1.29, 1.82) is 0 Å². The summed E-state index contributed by atoms with van der Waals surface area (Å²) in [7, 11) is 0. The Bertz CT molecular complexity index is 612. The zero-order valence-corrected chi connectivity index (χ0v) is 22.5. The number of esters is 1. The normalized spacial score (nSPS) is 21.4. The second-order valence-corrected chi connectivity index (χ2v) is 10.2. The predicted octanol–water partition coefficient (Wildman–Crippen LogP) is 6.85. The summed E-state index contributed by atoms with van der Waals surface area (Å²) in [5.41, 5.74) is 0. The lowest BCUT2D eigenvalue weighted by atomic mass is 9.90. The van der Waals surface area contributed by atoms with Gasteiger partial charge in [-0.05, 0) is 38.5 Å². The van der Waals surface area contributed by atoms with E-state index in [-0.39, 0.29) is 30.0 Å². The Morgan fingerprint density at radius 3 is 2.40 bits per heavy atom. The van der Waals surface area contributed by atoms with Crippen molar-refractivity contribution in [2.24, 2.45) is 11.8 Å². The third-order valence-corrected chi connectivity index (χ3v) is 6.96. The fraction of sp³-hybridized carbons (Fsp3) is 0.800. The van der Waals surface area contributed by atoms with E-state index in [4.69, 9.17) is 4.74 Å². The number of rotatable bonds is 21. The Kier molecular flexibility index (Phi) is 18.7. The van der Waals surface area contributed by atoms with Gasteiger partial charge in [-0.3, -0.25) is 9.59 Å². The van der Waals surface area contributed by atoms with Crippen LogP contribution in [-0.2, 0) is 14.3 Å². The first-order valence-electron chi connectivity index (χ1n) is 14.4. The highest BCUT2D eigenvalue weighted by molar-refractivity contribution is 5.84. The second kappa shape index (κ2) is 20.7. The maximum Gasteiger partial charge on any atom is 0.305 e. The topological polar surface area (TPSA) is 83.8 Å². The molecule has 0 saturated heterocycles. The van der Waals surface area contributed by atoms with Crippen LogP contribution in [-0.4, -0.2) is 40.8 Å². The maximum absolute atomic E-state index is 12.3. The van der Waals surface area contributed by atoms with Gasteiger partial charge in [0.15, 0.2) is 0 Å². The summed E-state index contributed by atoms with van der Waals surface area (Å²) in [5, 5.41) is 20.4. The number of carbonyl (C=O) groups is 2. The van der Waals surface area contributed by atoms with E-state index in [2.05, 4.69) is 19.9 Å². The lowest BCUT2D eigenvalue weighted by molar-refractivity contribution is -0.143. The average Bonchev–Trinajstić information content (AvgIpc) is 3.10. The summed E-state index contributed by atoms with van der Waals surface area (Å²) in [6.45, 7) is 4.83. The van der Waals surface area contributed by atoms with Crippen LogP contribution in [0.3, 0.4) is 0 Å². The average molecular weight is 493 g/mol. The van der Waals surface area contributed by atoms with E-state index < -0.39 is 12.2 Å². The van der Waals surface area contributed by atoms with Gasteiger partial charge in [0.1, 0.15) is 5.78 Å². The van der Waals surface area contributed by atoms with E-state index in [9.17, 15) is 19.8 Å². The first kappa shape index (κ1) is 31.6. The summed E-state index contributed by atoms with van der Waals surface area (Å²) < 4.78 is 5.33. The molecule has 5 heteroatoms. The van der Waals surface area contributed by atoms with Gasteiger partial charge < -0.3 is 14.9 Å². The maximum atomic E-state index is 12.3. The molecule has 0 amide bonds. The van der Waals surface area contributed by atoms with Crippen molar-refractivity contribution in [3.63, 3.8) is 0 Å². The first-order valence-corrected chi connectivity index (χ1v) is 14.4. The van der Waals surface area contributed by atoms with E-state index >= 15 is 0 Å². The standard InChI is InChI=1S/C30H52O5/c1-3-5-7-8-9-12-16-20-30(34)35-23-17-13-10-11-15-19-26-27(29(33)24-28(26)32)22-21-25(31)18-14-6-4-2/h11,15,21-22,25-27,29,31,33H,3-10,12-14,16-20,23-24H2,1-2H3/t25-,26+,27+,29+/m0/s1. The number of carbonyl (C=O) groups excluding carboxylic acids is 2. The highest BCUT2D eigenvalue weighted by Gasteiger charge is 2.39. The molecule has 2 N–H and O–H groups in total. The van der Waals surface area contributed by atoms with Crippen molar-refractivity contribution in [2.45, 2.75) is 135 Å². The quantitative estimate of drug-likeness (QED) is 0.104. The lowest BCUT2D eigenvalue weighted by Gasteiger charge is -2.16. The monoisotopic (exact) mass is 492 g/mol. The van der Waals surface area contributed by atoms with Gasteiger partial charge in [-0.1, -0.05) is 95.9 Å². The van der Waals surface area contributed by atoms with Crippen LogP contribution >= 0.6 is 0 Å². The molecule has 35 heavy (non-hydrogen) atoms. The Labute approximate surface area is 214 Å². The number of ketones is 1. The summed E-state index contributed by atoms with van der Waals surface area (Å²) in [6.07, 6.45) is 22.9. The SMILES string of the molecule is CCCCCCCCCC(=O)OCCCCC=CC[C@H]1C(=O)C[C@@H](O)[C@@H]1C=C[C@@H](O)CCCCC. The number of hydrogen-bond donors (Lipinski definition) is 2. The molecule has 202 valence electrons. The molecule has 0 radical (unpaired) electrons. The largest absolute Gasteiger partial charge is 0.466 e. The molecule has 0 aromatic rings. The van der Waals surface area contributed by atoms with Crippen molar-refractivity contribution in [3.05, 3.63) is 24.3 Å². The number of ether oxygens (including phenoxy) is 1. The van der Waals surface area contributed by atoms with Crippen LogP contribution in [0.1, 0.15) is 123 Å². The number of aliphatic hydroxyl groups is 2. The van der Waals surface area contributed by atoms with Crippen LogP contribution in [0.5, 0.6) is 0 Å². The van der Waals surface area contributed by atoms with E-state index in [1.807, 2.05) is 12.2 Å². The molecule has 0 aromatic carbocycles. The predicted molar refractivity (Wildman–Crippen MR) is 143 cm³/mol. The lowest BCUT2D eigenvalue weighted by Crippen LogP contribution is -2.18. The van der Waals surface area contributed by atoms with Crippen LogP contribution < -0.4 is 0 Å². The number of aliphatic hydroxyl groups excluding tert-OH is 2. The Morgan fingerprint density at radius 1 is 0.971 bits per heavy atom. The molecular formula is C30H52O5. The smallest absolute Gasteiger partial charge is 0.305 e. The van der Waals surface area contributed by atoms with Gasteiger partial charge in [-0.15, -0.1) is 0 Å². The van der Waals surface area contributed by atoms with Crippen molar-refractivity contribution in [3.8, 4) is 0 Å². The number of Topliss-reactive ketones (excluding diaryl/α,β-unsaturated/α-hetero) is 1. The summed E-state index contributed by atoms with van der Waals surface area (Å²) in [4.78, 5) is 24.1. The van der Waals surface area contributed by atoms with Crippen LogP contribution in [0.25, 0.3) is 0 Å². The molecular weight excluding hydrogens is 440 g/mol.